The molecule has 0 amide bonds. The average Bonchev–Trinajstić information content (AvgIpc) is 2.36. The monoisotopic (exact) mass is 244 g/mol. The molecule has 0 bridgehead atoms. The van der Waals surface area contributed by atoms with Gasteiger partial charge in [-0.05, 0) is 30.5 Å². The molecule has 1 rings (SSSR count). The van der Waals surface area contributed by atoms with Gasteiger partial charge in [-0.2, -0.15) is 0 Å². The van der Waals surface area contributed by atoms with Gasteiger partial charge in [0, 0.05) is 17.5 Å². The predicted octanol–water partition coefficient (Wildman–Crippen LogP) is 5.18. The van der Waals surface area contributed by atoms with E-state index in [2.05, 4.69) is 31.8 Å². The zero-order valence-electron chi connectivity index (χ0n) is 11.5. The lowest BCUT2D eigenvalue weighted by molar-refractivity contribution is 0.622. The van der Waals surface area contributed by atoms with Crippen LogP contribution < -0.4 is 0 Å². The van der Waals surface area contributed by atoms with Gasteiger partial charge in [-0.3, -0.25) is 0 Å². The van der Waals surface area contributed by atoms with Crippen molar-refractivity contribution in [2.45, 2.75) is 46.5 Å². The van der Waals surface area contributed by atoms with E-state index in [1.54, 1.807) is 0 Å². The standard InChI is InChI=1S/C17H21F/c1-4-7-10-14-11-12-16(17(18)13-14)15(8-5-2)9-6-3/h8,11-13H,4-6,9H2,1-3H3/b15-8+. The Morgan fingerprint density at radius 2 is 2.06 bits per heavy atom. The van der Waals surface area contributed by atoms with Crippen molar-refractivity contribution in [1.29, 1.82) is 0 Å². The molecule has 1 heteroatoms. The van der Waals surface area contributed by atoms with Crippen molar-refractivity contribution in [3.05, 3.63) is 41.2 Å². The number of rotatable bonds is 4. The predicted molar refractivity (Wildman–Crippen MR) is 76.7 cm³/mol. The summed E-state index contributed by atoms with van der Waals surface area (Å²) in [5, 5.41) is 0. The molecule has 0 saturated heterocycles. The van der Waals surface area contributed by atoms with Gasteiger partial charge in [0.15, 0.2) is 0 Å². The van der Waals surface area contributed by atoms with E-state index in [1.165, 1.54) is 6.07 Å². The molecule has 0 spiro atoms. The van der Waals surface area contributed by atoms with E-state index < -0.39 is 0 Å². The van der Waals surface area contributed by atoms with E-state index in [9.17, 15) is 4.39 Å². The van der Waals surface area contributed by atoms with Gasteiger partial charge < -0.3 is 0 Å². The minimum absolute atomic E-state index is 0.161. The van der Waals surface area contributed by atoms with Gasteiger partial charge in [0.05, 0.1) is 0 Å². The Balaban J connectivity index is 3.07. The van der Waals surface area contributed by atoms with Crippen molar-refractivity contribution < 1.29 is 4.39 Å². The van der Waals surface area contributed by atoms with Crippen molar-refractivity contribution in [3.8, 4) is 11.8 Å². The summed E-state index contributed by atoms with van der Waals surface area (Å²) in [5.41, 5.74) is 2.58. The normalized spacial score (nSPS) is 11.0. The van der Waals surface area contributed by atoms with Crippen LogP contribution in [-0.2, 0) is 0 Å². The molecule has 0 aliphatic rings. The molecule has 0 aromatic heterocycles. The lowest BCUT2D eigenvalue weighted by Gasteiger charge is -2.08. The number of hydrogen-bond donors (Lipinski definition) is 0. The third kappa shape index (κ3) is 4.04. The number of halogens is 1. The SMILES string of the molecule is CCC#Cc1ccc(/C(=C/CC)CCC)c(F)c1. The molecule has 0 nitrogen and oxygen atoms in total. The van der Waals surface area contributed by atoms with Gasteiger partial charge in [-0.1, -0.05) is 51.2 Å². The molecule has 1 aromatic carbocycles. The summed E-state index contributed by atoms with van der Waals surface area (Å²) in [6.07, 6.45) is 5.79. The molecule has 18 heavy (non-hydrogen) atoms. The summed E-state index contributed by atoms with van der Waals surface area (Å²) in [5.74, 6) is 5.75. The molecule has 0 radical (unpaired) electrons. The zero-order valence-corrected chi connectivity index (χ0v) is 11.5. The fourth-order valence-electron chi connectivity index (χ4n) is 1.91. The van der Waals surface area contributed by atoms with Crippen LogP contribution in [0.1, 0.15) is 57.6 Å². The molecule has 0 N–H and O–H groups in total. The summed E-state index contributed by atoms with van der Waals surface area (Å²) >= 11 is 0. The number of hydrogen-bond acceptors (Lipinski definition) is 0. The van der Waals surface area contributed by atoms with Crippen LogP contribution >= 0.6 is 0 Å². The number of allylic oxidation sites excluding steroid dienone is 2. The first-order valence-electron chi connectivity index (χ1n) is 6.70. The van der Waals surface area contributed by atoms with Crippen LogP contribution in [0.3, 0.4) is 0 Å². The van der Waals surface area contributed by atoms with Gasteiger partial charge in [0.25, 0.3) is 0 Å². The Labute approximate surface area is 110 Å². The first kappa shape index (κ1) is 14.5. The molecule has 0 heterocycles. The lowest BCUT2D eigenvalue weighted by Crippen LogP contribution is -1.91. The Morgan fingerprint density at radius 1 is 1.28 bits per heavy atom. The van der Waals surface area contributed by atoms with Gasteiger partial charge in [0.2, 0.25) is 0 Å². The van der Waals surface area contributed by atoms with Crippen LogP contribution in [0.4, 0.5) is 4.39 Å². The molecule has 0 saturated carbocycles. The highest BCUT2D eigenvalue weighted by atomic mass is 19.1. The highest BCUT2D eigenvalue weighted by Crippen LogP contribution is 2.24. The summed E-state index contributed by atoms with van der Waals surface area (Å²) in [4.78, 5) is 0. The van der Waals surface area contributed by atoms with Crippen LogP contribution in [0.5, 0.6) is 0 Å². The summed E-state index contributed by atoms with van der Waals surface area (Å²) in [6.45, 7) is 6.18. The van der Waals surface area contributed by atoms with Crippen LogP contribution in [-0.4, -0.2) is 0 Å². The van der Waals surface area contributed by atoms with E-state index in [0.29, 0.717) is 0 Å². The van der Waals surface area contributed by atoms with Crippen LogP contribution in [0.25, 0.3) is 5.57 Å². The molecular formula is C17H21F. The van der Waals surface area contributed by atoms with E-state index >= 15 is 0 Å². The summed E-state index contributed by atoms with van der Waals surface area (Å²) < 4.78 is 14.1. The Hall–Kier alpha value is -1.55. The molecule has 0 unspecified atom stereocenters. The summed E-state index contributed by atoms with van der Waals surface area (Å²) in [6, 6.07) is 5.30. The molecule has 0 fully saturated rings. The fraction of sp³-hybridized carbons (Fsp3) is 0.412. The summed E-state index contributed by atoms with van der Waals surface area (Å²) in [7, 11) is 0. The zero-order chi connectivity index (χ0) is 13.4. The van der Waals surface area contributed by atoms with Crippen LogP contribution in [0.2, 0.25) is 0 Å². The van der Waals surface area contributed by atoms with Gasteiger partial charge in [0.1, 0.15) is 5.82 Å². The van der Waals surface area contributed by atoms with Crippen molar-refractivity contribution >= 4 is 5.57 Å². The second-order valence-electron chi connectivity index (χ2n) is 4.24. The molecule has 0 atom stereocenters. The van der Waals surface area contributed by atoms with Gasteiger partial charge in [-0.25, -0.2) is 4.39 Å². The molecule has 0 aliphatic heterocycles. The van der Waals surface area contributed by atoms with Crippen molar-refractivity contribution in [1.82, 2.24) is 0 Å². The molecular weight excluding hydrogens is 223 g/mol. The first-order chi connectivity index (χ1) is 8.72. The third-order valence-corrected chi connectivity index (χ3v) is 2.69. The molecule has 1 aromatic rings. The van der Waals surface area contributed by atoms with Crippen molar-refractivity contribution in [2.75, 3.05) is 0 Å². The topological polar surface area (TPSA) is 0 Å². The first-order valence-corrected chi connectivity index (χ1v) is 6.70. The van der Waals surface area contributed by atoms with Crippen molar-refractivity contribution in [3.63, 3.8) is 0 Å². The quantitative estimate of drug-likeness (QED) is 0.640. The second-order valence-corrected chi connectivity index (χ2v) is 4.24. The van der Waals surface area contributed by atoms with E-state index in [1.807, 2.05) is 19.1 Å². The maximum absolute atomic E-state index is 14.1. The minimum atomic E-state index is -0.161. The van der Waals surface area contributed by atoms with E-state index in [0.717, 1.165) is 42.4 Å². The van der Waals surface area contributed by atoms with Gasteiger partial charge in [-0.15, -0.1) is 0 Å². The Bertz CT molecular complexity index is 472. The highest BCUT2D eigenvalue weighted by molar-refractivity contribution is 5.66. The lowest BCUT2D eigenvalue weighted by atomic mass is 9.98. The molecule has 96 valence electrons. The maximum atomic E-state index is 14.1. The highest BCUT2D eigenvalue weighted by Gasteiger charge is 2.07. The second kappa shape index (κ2) is 7.71. The minimum Gasteiger partial charge on any atom is -0.206 e. The number of benzene rings is 1. The third-order valence-electron chi connectivity index (χ3n) is 2.69. The average molecular weight is 244 g/mol. The molecule has 0 aliphatic carbocycles. The van der Waals surface area contributed by atoms with E-state index in [4.69, 9.17) is 0 Å². The Kier molecular flexibility index (Phi) is 6.22. The van der Waals surface area contributed by atoms with Gasteiger partial charge >= 0.3 is 0 Å². The smallest absolute Gasteiger partial charge is 0.131 e. The van der Waals surface area contributed by atoms with Crippen molar-refractivity contribution in [2.24, 2.45) is 0 Å². The van der Waals surface area contributed by atoms with Crippen LogP contribution in [0.15, 0.2) is 24.3 Å². The van der Waals surface area contributed by atoms with Crippen LogP contribution in [0, 0.1) is 17.7 Å². The van der Waals surface area contributed by atoms with E-state index in [-0.39, 0.29) is 5.82 Å². The largest absolute Gasteiger partial charge is 0.206 e. The fourth-order valence-corrected chi connectivity index (χ4v) is 1.91. The Morgan fingerprint density at radius 3 is 2.61 bits per heavy atom. The maximum Gasteiger partial charge on any atom is 0.131 e.